The molecule has 0 saturated carbocycles. The Labute approximate surface area is 73.5 Å². The van der Waals surface area contributed by atoms with E-state index in [1.54, 1.807) is 6.08 Å². The van der Waals surface area contributed by atoms with Crippen LogP contribution in [0.25, 0.3) is 6.08 Å². The number of hydrogen-bond donors (Lipinski definition) is 2. The molecule has 0 saturated heterocycles. The molecule has 0 aliphatic carbocycles. The van der Waals surface area contributed by atoms with E-state index in [0.717, 1.165) is 6.07 Å². The zero-order chi connectivity index (χ0) is 9.42. The molecule has 1 aliphatic heterocycles. The predicted molar refractivity (Wildman–Crippen MR) is 43.5 cm³/mol. The molecule has 1 aliphatic rings. The summed E-state index contributed by atoms with van der Waals surface area (Å²) in [6.45, 7) is 0. The van der Waals surface area contributed by atoms with E-state index >= 15 is 0 Å². The van der Waals surface area contributed by atoms with Crippen LogP contribution in [-0.2, 0) is 0 Å². The molecular formula is C9H7F2NO. The molecule has 1 aromatic carbocycles. The van der Waals surface area contributed by atoms with Crippen molar-refractivity contribution in [2.75, 3.05) is 0 Å². The van der Waals surface area contributed by atoms with Gasteiger partial charge in [0.15, 0.2) is 17.9 Å². The Hall–Kier alpha value is -1.42. The van der Waals surface area contributed by atoms with Crippen LogP contribution in [0.15, 0.2) is 18.3 Å². The van der Waals surface area contributed by atoms with Crippen molar-refractivity contribution in [3.63, 3.8) is 0 Å². The third-order valence-electron chi connectivity index (χ3n) is 1.96. The Morgan fingerprint density at radius 1 is 1.31 bits per heavy atom. The highest BCUT2D eigenvalue weighted by Crippen LogP contribution is 2.25. The largest absolute Gasteiger partial charge is 0.369 e. The van der Waals surface area contributed by atoms with Gasteiger partial charge >= 0.3 is 0 Å². The van der Waals surface area contributed by atoms with Crippen molar-refractivity contribution in [2.24, 2.45) is 0 Å². The molecule has 0 radical (unpaired) electrons. The highest BCUT2D eigenvalue weighted by Gasteiger charge is 2.20. The second-order valence-electron chi connectivity index (χ2n) is 2.77. The van der Waals surface area contributed by atoms with E-state index in [4.69, 9.17) is 0 Å². The first-order chi connectivity index (χ1) is 6.20. The van der Waals surface area contributed by atoms with Crippen molar-refractivity contribution in [1.82, 2.24) is 5.32 Å². The molecule has 2 N–H and O–H groups in total. The molecule has 1 aromatic rings. The Bertz CT molecular complexity index is 376. The van der Waals surface area contributed by atoms with Gasteiger partial charge in [-0.1, -0.05) is 6.07 Å². The third kappa shape index (κ3) is 1.19. The molecule has 4 heteroatoms. The second kappa shape index (κ2) is 2.81. The minimum atomic E-state index is -1.17. The minimum Gasteiger partial charge on any atom is -0.369 e. The van der Waals surface area contributed by atoms with E-state index in [1.165, 1.54) is 12.3 Å². The van der Waals surface area contributed by atoms with Gasteiger partial charge in [0.1, 0.15) is 0 Å². The van der Waals surface area contributed by atoms with Crippen LogP contribution in [0.1, 0.15) is 17.4 Å². The summed E-state index contributed by atoms with van der Waals surface area (Å²) in [5.74, 6) is -1.95. The maximum atomic E-state index is 13.1. The molecule has 2 rings (SSSR count). The average molecular weight is 183 g/mol. The molecule has 1 heterocycles. The first kappa shape index (κ1) is 8.19. The van der Waals surface area contributed by atoms with Crippen molar-refractivity contribution in [2.45, 2.75) is 6.23 Å². The zero-order valence-electron chi connectivity index (χ0n) is 6.59. The molecule has 0 fully saturated rings. The Kier molecular flexibility index (Phi) is 1.77. The SMILES string of the molecule is OC1NC=Cc2ccc(F)c(F)c21. The normalized spacial score (nSPS) is 19.5. The first-order valence-electron chi connectivity index (χ1n) is 3.78. The smallest absolute Gasteiger partial charge is 0.167 e. The topological polar surface area (TPSA) is 32.3 Å². The molecule has 0 aromatic heterocycles. The molecule has 1 atom stereocenters. The molecule has 0 spiro atoms. The fraction of sp³-hybridized carbons (Fsp3) is 0.111. The second-order valence-corrected chi connectivity index (χ2v) is 2.77. The molecule has 0 amide bonds. The van der Waals surface area contributed by atoms with E-state index in [0.29, 0.717) is 5.56 Å². The highest BCUT2D eigenvalue weighted by atomic mass is 19.2. The van der Waals surface area contributed by atoms with Crippen LogP contribution in [0, 0.1) is 11.6 Å². The number of rotatable bonds is 0. The Balaban J connectivity index is 2.66. The van der Waals surface area contributed by atoms with Gasteiger partial charge in [-0.05, 0) is 23.9 Å². The van der Waals surface area contributed by atoms with Gasteiger partial charge in [-0.3, -0.25) is 0 Å². The summed E-state index contributed by atoms with van der Waals surface area (Å²) in [5.41, 5.74) is 0.452. The predicted octanol–water partition coefficient (Wildman–Crippen LogP) is 1.53. The summed E-state index contributed by atoms with van der Waals surface area (Å²) in [6, 6.07) is 2.46. The minimum absolute atomic E-state index is 0.0394. The van der Waals surface area contributed by atoms with Gasteiger partial charge in [0.05, 0.1) is 0 Å². The fourth-order valence-corrected chi connectivity index (χ4v) is 1.32. The highest BCUT2D eigenvalue weighted by molar-refractivity contribution is 5.56. The van der Waals surface area contributed by atoms with E-state index in [-0.39, 0.29) is 5.56 Å². The number of hydrogen-bond acceptors (Lipinski definition) is 2. The fourth-order valence-electron chi connectivity index (χ4n) is 1.32. The number of fused-ring (bicyclic) bond motifs is 1. The van der Waals surface area contributed by atoms with Crippen LogP contribution in [0.5, 0.6) is 0 Å². The van der Waals surface area contributed by atoms with Crippen LogP contribution in [-0.4, -0.2) is 5.11 Å². The standard InChI is InChI=1S/C9H7F2NO/c10-6-2-1-5-3-4-12-9(13)7(5)8(6)11/h1-4,9,12-13H. The molecule has 2 nitrogen and oxygen atoms in total. The first-order valence-corrected chi connectivity index (χ1v) is 3.78. The van der Waals surface area contributed by atoms with Gasteiger partial charge in [0.2, 0.25) is 0 Å². The summed E-state index contributed by atoms with van der Waals surface area (Å²) in [5, 5.41) is 11.8. The lowest BCUT2D eigenvalue weighted by Gasteiger charge is -2.19. The van der Waals surface area contributed by atoms with Gasteiger partial charge in [0.25, 0.3) is 0 Å². The number of nitrogens with one attached hydrogen (secondary N) is 1. The molecule has 1 unspecified atom stereocenters. The summed E-state index contributed by atoms with van der Waals surface area (Å²) in [6.07, 6.45) is 1.89. The van der Waals surface area contributed by atoms with E-state index in [1.807, 2.05) is 0 Å². The molecule has 0 bridgehead atoms. The van der Waals surface area contributed by atoms with Crippen LogP contribution >= 0.6 is 0 Å². The molecule has 13 heavy (non-hydrogen) atoms. The lowest BCUT2D eigenvalue weighted by Crippen LogP contribution is -2.20. The van der Waals surface area contributed by atoms with Crippen LogP contribution in [0.3, 0.4) is 0 Å². The van der Waals surface area contributed by atoms with E-state index in [9.17, 15) is 13.9 Å². The van der Waals surface area contributed by atoms with E-state index < -0.39 is 17.9 Å². The number of benzene rings is 1. The molecule has 68 valence electrons. The summed E-state index contributed by atoms with van der Waals surface area (Å²) < 4.78 is 25.9. The monoisotopic (exact) mass is 183 g/mol. The summed E-state index contributed by atoms with van der Waals surface area (Å²) in [4.78, 5) is 0. The maximum absolute atomic E-state index is 13.1. The van der Waals surface area contributed by atoms with Gasteiger partial charge in [-0.25, -0.2) is 8.78 Å². The Morgan fingerprint density at radius 2 is 2.08 bits per heavy atom. The Morgan fingerprint density at radius 3 is 2.85 bits per heavy atom. The van der Waals surface area contributed by atoms with Crippen molar-refractivity contribution in [3.05, 3.63) is 41.1 Å². The third-order valence-corrected chi connectivity index (χ3v) is 1.96. The van der Waals surface area contributed by atoms with Crippen molar-refractivity contribution in [3.8, 4) is 0 Å². The number of aliphatic hydroxyl groups is 1. The van der Waals surface area contributed by atoms with Gasteiger partial charge < -0.3 is 10.4 Å². The quantitative estimate of drug-likeness (QED) is 0.639. The summed E-state index contributed by atoms with van der Waals surface area (Å²) >= 11 is 0. The van der Waals surface area contributed by atoms with Crippen molar-refractivity contribution in [1.29, 1.82) is 0 Å². The lowest BCUT2D eigenvalue weighted by molar-refractivity contribution is 0.149. The van der Waals surface area contributed by atoms with Gasteiger partial charge in [-0.15, -0.1) is 0 Å². The van der Waals surface area contributed by atoms with Crippen LogP contribution in [0.4, 0.5) is 8.78 Å². The number of halogens is 2. The summed E-state index contributed by atoms with van der Waals surface area (Å²) in [7, 11) is 0. The number of aliphatic hydroxyl groups excluding tert-OH is 1. The lowest BCUT2D eigenvalue weighted by atomic mass is 10.0. The van der Waals surface area contributed by atoms with Gasteiger partial charge in [-0.2, -0.15) is 0 Å². The maximum Gasteiger partial charge on any atom is 0.167 e. The van der Waals surface area contributed by atoms with Crippen LogP contribution < -0.4 is 5.32 Å². The molecular weight excluding hydrogens is 176 g/mol. The van der Waals surface area contributed by atoms with Crippen molar-refractivity contribution < 1.29 is 13.9 Å². The average Bonchev–Trinajstić information content (AvgIpc) is 2.12. The van der Waals surface area contributed by atoms with E-state index in [2.05, 4.69) is 5.32 Å². The van der Waals surface area contributed by atoms with Crippen molar-refractivity contribution >= 4 is 6.08 Å². The zero-order valence-corrected chi connectivity index (χ0v) is 6.59. The van der Waals surface area contributed by atoms with Crippen LogP contribution in [0.2, 0.25) is 0 Å². The van der Waals surface area contributed by atoms with Gasteiger partial charge in [0, 0.05) is 5.56 Å².